The summed E-state index contributed by atoms with van der Waals surface area (Å²) in [5.74, 6) is -1.87. The Morgan fingerprint density at radius 3 is 2.25 bits per heavy atom. The molecule has 6 nitrogen and oxygen atoms in total. The molecule has 3 heterocycles. The van der Waals surface area contributed by atoms with Gasteiger partial charge in [0.25, 0.3) is 11.8 Å². The van der Waals surface area contributed by atoms with Gasteiger partial charge in [0, 0.05) is 54.3 Å². The van der Waals surface area contributed by atoms with Gasteiger partial charge < -0.3 is 15.5 Å². The van der Waals surface area contributed by atoms with E-state index in [9.17, 15) is 13.6 Å². The molecule has 5 rings (SSSR count). The summed E-state index contributed by atoms with van der Waals surface area (Å²) in [6, 6.07) is 0.113. The number of anilines is 1. The number of nitrogens with two attached hydrogens (primary N) is 1. The number of carbonyl (C=O) groups excluding carboxylic acids is 1. The molecule has 28 heavy (non-hydrogen) atoms. The Labute approximate surface area is 163 Å². The number of alkyl halides is 2. The lowest BCUT2D eigenvalue weighted by molar-refractivity contribution is 0.0259. The fourth-order valence-corrected chi connectivity index (χ4v) is 5.68. The summed E-state index contributed by atoms with van der Waals surface area (Å²) in [6.45, 7) is 6.08. The van der Waals surface area contributed by atoms with Crippen LogP contribution in [0.2, 0.25) is 0 Å². The first-order valence-electron chi connectivity index (χ1n) is 10.3. The number of halogens is 2. The molecule has 0 bridgehead atoms. The first-order valence-corrected chi connectivity index (χ1v) is 10.3. The number of hydrogen-bond donors (Lipinski definition) is 1. The predicted octanol–water partition coefficient (Wildman–Crippen LogP) is 2.28. The van der Waals surface area contributed by atoms with Gasteiger partial charge in [0.2, 0.25) is 5.82 Å². The lowest BCUT2D eigenvalue weighted by Gasteiger charge is -2.32. The van der Waals surface area contributed by atoms with Gasteiger partial charge in [-0.2, -0.15) is 0 Å². The molecule has 1 aromatic rings. The number of fused-ring (bicyclic) bond motifs is 1. The molecule has 4 aliphatic rings. The number of aromatic nitrogens is 2. The first-order chi connectivity index (χ1) is 13.2. The molecule has 2 aliphatic carbocycles. The Balaban J connectivity index is 1.34. The van der Waals surface area contributed by atoms with Crippen LogP contribution in [0.3, 0.4) is 0 Å². The molecule has 4 fully saturated rings. The van der Waals surface area contributed by atoms with Crippen molar-refractivity contribution in [1.82, 2.24) is 14.9 Å². The van der Waals surface area contributed by atoms with Crippen LogP contribution in [0.4, 0.5) is 14.6 Å². The molecule has 0 radical (unpaired) electrons. The molecule has 2 spiro atoms. The highest BCUT2D eigenvalue weighted by Gasteiger charge is 2.94. The zero-order valence-corrected chi connectivity index (χ0v) is 16.5. The zero-order chi connectivity index (χ0) is 19.9. The van der Waals surface area contributed by atoms with Gasteiger partial charge in [-0.25, -0.2) is 18.7 Å². The van der Waals surface area contributed by atoms with Gasteiger partial charge in [0.1, 0.15) is 5.82 Å². The summed E-state index contributed by atoms with van der Waals surface area (Å²) in [7, 11) is 0. The van der Waals surface area contributed by atoms with Gasteiger partial charge in [-0.1, -0.05) is 0 Å². The minimum absolute atomic E-state index is 0.113. The summed E-state index contributed by atoms with van der Waals surface area (Å²) < 4.78 is 28.7. The second kappa shape index (κ2) is 5.62. The zero-order valence-electron chi connectivity index (χ0n) is 16.5. The van der Waals surface area contributed by atoms with E-state index in [0.717, 1.165) is 30.0 Å². The lowest BCUT2D eigenvalue weighted by atomic mass is 9.89. The van der Waals surface area contributed by atoms with Crippen molar-refractivity contribution in [2.24, 2.45) is 16.6 Å². The second-order valence-electron chi connectivity index (χ2n) is 9.11. The van der Waals surface area contributed by atoms with Gasteiger partial charge in [-0.15, -0.1) is 0 Å². The maximum absolute atomic E-state index is 14.4. The number of aryl methyl sites for hydroxylation is 1. The molecule has 2 N–H and O–H groups in total. The number of hydrogen-bond acceptors (Lipinski definition) is 5. The summed E-state index contributed by atoms with van der Waals surface area (Å²) >= 11 is 0. The average Bonchev–Trinajstić information content (AvgIpc) is 3.48. The Morgan fingerprint density at radius 2 is 1.71 bits per heavy atom. The van der Waals surface area contributed by atoms with Gasteiger partial charge in [-0.3, -0.25) is 4.79 Å². The van der Waals surface area contributed by atoms with E-state index in [-0.39, 0.29) is 17.8 Å². The summed E-state index contributed by atoms with van der Waals surface area (Å²) in [5.41, 5.74) is 6.14. The second-order valence-corrected chi connectivity index (χ2v) is 9.11. The highest BCUT2D eigenvalue weighted by molar-refractivity contribution is 5.91. The fraction of sp³-hybridized carbons (Fsp3) is 0.750. The SMILES string of the molecule is Cc1nc(C(=O)N2CCC3(CC2)C(F)(F)C32CC2)nc(N2CC[C@@H](N)C2)c1C. The number of nitrogens with zero attached hydrogens (tertiary/aromatic N) is 4. The van der Waals surface area contributed by atoms with E-state index in [0.29, 0.717) is 45.3 Å². The van der Waals surface area contributed by atoms with E-state index in [1.807, 2.05) is 13.8 Å². The van der Waals surface area contributed by atoms with Gasteiger partial charge in [0.05, 0.1) is 0 Å². The van der Waals surface area contributed by atoms with Crippen molar-refractivity contribution in [2.45, 2.75) is 57.9 Å². The van der Waals surface area contributed by atoms with E-state index in [1.54, 1.807) is 4.90 Å². The molecule has 1 atom stereocenters. The third-order valence-electron chi connectivity index (χ3n) is 7.79. The highest BCUT2D eigenvalue weighted by atomic mass is 19.3. The quantitative estimate of drug-likeness (QED) is 0.837. The van der Waals surface area contributed by atoms with Crippen molar-refractivity contribution >= 4 is 11.7 Å². The van der Waals surface area contributed by atoms with Gasteiger partial charge >= 0.3 is 0 Å². The number of amides is 1. The predicted molar refractivity (Wildman–Crippen MR) is 100 cm³/mol. The maximum atomic E-state index is 14.4. The number of likely N-dealkylation sites (tertiary alicyclic amines) is 1. The lowest BCUT2D eigenvalue weighted by Crippen LogP contribution is -2.41. The smallest absolute Gasteiger partial charge is 0.291 e. The van der Waals surface area contributed by atoms with Crippen LogP contribution in [-0.2, 0) is 0 Å². The van der Waals surface area contributed by atoms with Crippen LogP contribution >= 0.6 is 0 Å². The van der Waals surface area contributed by atoms with Crippen LogP contribution in [0.15, 0.2) is 0 Å². The molecule has 1 amide bonds. The van der Waals surface area contributed by atoms with Crippen LogP contribution in [0.25, 0.3) is 0 Å². The van der Waals surface area contributed by atoms with Crippen molar-refractivity contribution in [3.05, 3.63) is 17.1 Å². The van der Waals surface area contributed by atoms with Crippen LogP contribution in [-0.4, -0.2) is 58.9 Å². The van der Waals surface area contributed by atoms with Crippen molar-refractivity contribution in [3.8, 4) is 0 Å². The molecule has 0 aromatic carbocycles. The summed E-state index contributed by atoms with van der Waals surface area (Å²) in [4.78, 5) is 25.8. The molecule has 0 unspecified atom stereocenters. The first kappa shape index (κ1) is 18.2. The maximum Gasteiger partial charge on any atom is 0.291 e. The number of piperidine rings is 1. The summed E-state index contributed by atoms with van der Waals surface area (Å²) in [6.07, 6.45) is 2.93. The molecule has 2 saturated heterocycles. The van der Waals surface area contributed by atoms with Crippen molar-refractivity contribution in [1.29, 1.82) is 0 Å². The van der Waals surface area contributed by atoms with Crippen molar-refractivity contribution in [2.75, 3.05) is 31.1 Å². The average molecular weight is 391 g/mol. The Kier molecular flexibility index (Phi) is 3.65. The standard InChI is InChI=1S/C20H27F2N5O/c1-12-13(2)24-15(25-16(12)27-8-3-14(23)11-27)17(28)26-9-6-19(7-10-26)18(4-5-18)20(19,21)22/h14H,3-11,23H2,1-2H3/t14-/m1/s1. The highest BCUT2D eigenvalue weighted by Crippen LogP contribution is 2.89. The number of carbonyl (C=O) groups is 1. The fourth-order valence-electron chi connectivity index (χ4n) is 5.68. The van der Waals surface area contributed by atoms with E-state index in [4.69, 9.17) is 5.73 Å². The van der Waals surface area contributed by atoms with E-state index in [2.05, 4.69) is 14.9 Å². The molecule has 152 valence electrons. The molecular formula is C20H27F2N5O. The van der Waals surface area contributed by atoms with Crippen molar-refractivity contribution in [3.63, 3.8) is 0 Å². The summed E-state index contributed by atoms with van der Waals surface area (Å²) in [5, 5.41) is 0. The van der Waals surface area contributed by atoms with E-state index >= 15 is 0 Å². The van der Waals surface area contributed by atoms with E-state index in [1.165, 1.54) is 0 Å². The van der Waals surface area contributed by atoms with Gasteiger partial charge in [-0.05, 0) is 46.0 Å². The molecular weight excluding hydrogens is 364 g/mol. The van der Waals surface area contributed by atoms with Crippen molar-refractivity contribution < 1.29 is 13.6 Å². The van der Waals surface area contributed by atoms with Crippen LogP contribution in [0, 0.1) is 24.7 Å². The third kappa shape index (κ3) is 2.18. The molecule has 8 heteroatoms. The topological polar surface area (TPSA) is 75.4 Å². The van der Waals surface area contributed by atoms with Crippen LogP contribution in [0.1, 0.15) is 54.0 Å². The molecule has 1 aromatic heterocycles. The third-order valence-corrected chi connectivity index (χ3v) is 7.79. The minimum atomic E-state index is -2.55. The van der Waals surface area contributed by atoms with Crippen LogP contribution in [0.5, 0.6) is 0 Å². The molecule has 2 aliphatic heterocycles. The van der Waals surface area contributed by atoms with Gasteiger partial charge in [0.15, 0.2) is 0 Å². The van der Waals surface area contributed by atoms with Crippen LogP contribution < -0.4 is 10.6 Å². The monoisotopic (exact) mass is 391 g/mol. The molecule has 2 saturated carbocycles. The largest absolute Gasteiger partial charge is 0.355 e. The van der Waals surface area contributed by atoms with E-state index < -0.39 is 16.8 Å². The Bertz CT molecular complexity index is 839. The Hall–Kier alpha value is -1.83. The normalized spacial score (nSPS) is 28.8. The number of rotatable bonds is 2. The Morgan fingerprint density at radius 1 is 1.07 bits per heavy atom. The minimum Gasteiger partial charge on any atom is -0.355 e.